The molecule has 0 fully saturated rings. The number of nitrogens with zero attached hydrogens (tertiary/aromatic N) is 1. The van der Waals surface area contributed by atoms with Crippen LogP contribution in [-0.4, -0.2) is 25.8 Å². The summed E-state index contributed by atoms with van der Waals surface area (Å²) in [5.74, 6) is -0.682. The Hall–Kier alpha value is -2.57. The molecule has 0 aliphatic heterocycles. The molecule has 3 N–H and O–H groups in total. The predicted molar refractivity (Wildman–Crippen MR) is 92.7 cm³/mol. The first-order valence-corrected chi connectivity index (χ1v) is 9.21. The Balaban J connectivity index is 2.33. The third kappa shape index (κ3) is 3.84. The first-order chi connectivity index (χ1) is 11.2. The summed E-state index contributed by atoms with van der Waals surface area (Å²) in [5, 5.41) is 24.0. The monoisotopic (exact) mass is 409 g/mol. The number of rotatable bonds is 3. The number of carbonyl (C=O) groups is 1. The second-order valence-corrected chi connectivity index (χ2v) is 7.59. The van der Waals surface area contributed by atoms with Crippen molar-refractivity contribution in [3.8, 4) is 11.8 Å². The molecule has 0 spiro atoms. The van der Waals surface area contributed by atoms with E-state index in [1.165, 1.54) is 12.1 Å². The van der Waals surface area contributed by atoms with Crippen molar-refractivity contribution in [2.24, 2.45) is 0 Å². The lowest BCUT2D eigenvalue weighted by Gasteiger charge is -2.12. The molecule has 2 rings (SSSR count). The topological polar surface area (TPSA) is 119 Å². The number of aromatic hydroxyl groups is 1. The van der Waals surface area contributed by atoms with Gasteiger partial charge < -0.3 is 15.7 Å². The molecule has 0 radical (unpaired) electrons. The highest BCUT2D eigenvalue weighted by Crippen LogP contribution is 2.34. The zero-order valence-electron chi connectivity index (χ0n) is 12.4. The van der Waals surface area contributed by atoms with Crippen molar-refractivity contribution in [3.63, 3.8) is 0 Å². The molecule has 2 aromatic rings. The van der Waals surface area contributed by atoms with Crippen LogP contribution < -0.4 is 10.6 Å². The van der Waals surface area contributed by atoms with Crippen LogP contribution in [0.1, 0.15) is 5.56 Å². The molecule has 0 aliphatic carbocycles. The molecule has 2 aromatic carbocycles. The summed E-state index contributed by atoms with van der Waals surface area (Å²) in [4.78, 5) is 11.5. The first-order valence-electron chi connectivity index (χ1n) is 6.52. The van der Waals surface area contributed by atoms with E-state index in [9.17, 15) is 18.3 Å². The fourth-order valence-corrected chi connectivity index (χ4v) is 3.33. The minimum absolute atomic E-state index is 0.126. The lowest BCUT2D eigenvalue weighted by Crippen LogP contribution is -2.20. The molecule has 0 saturated heterocycles. The molecule has 124 valence electrons. The number of carbonyl (C=O) groups excluding carboxylic acids is 1. The second-order valence-electron chi connectivity index (χ2n) is 4.78. The minimum Gasteiger partial charge on any atom is -0.504 e. The quantitative estimate of drug-likeness (QED) is 0.672. The van der Waals surface area contributed by atoms with Crippen LogP contribution in [0, 0.1) is 11.3 Å². The summed E-state index contributed by atoms with van der Waals surface area (Å²) in [6, 6.07) is 10.4. The van der Waals surface area contributed by atoms with E-state index in [2.05, 4.69) is 26.6 Å². The van der Waals surface area contributed by atoms with Crippen molar-refractivity contribution in [1.82, 2.24) is 0 Å². The third-order valence-corrected chi connectivity index (χ3v) is 4.84. The number of halogens is 1. The van der Waals surface area contributed by atoms with E-state index in [0.29, 0.717) is 10.2 Å². The number of phenolic OH excluding ortho intramolecular Hbond substituents is 1. The van der Waals surface area contributed by atoms with Crippen LogP contribution in [0.15, 0.2) is 45.8 Å². The summed E-state index contributed by atoms with van der Waals surface area (Å²) in [6.45, 7) is 0. The van der Waals surface area contributed by atoms with Gasteiger partial charge in [0.2, 0.25) is 0 Å². The predicted octanol–water partition coefficient (Wildman–Crippen LogP) is 3.07. The molecule has 0 aromatic heterocycles. The maximum Gasteiger partial charge on any atom is 0.323 e. The number of anilines is 2. The Morgan fingerprint density at radius 3 is 2.38 bits per heavy atom. The van der Waals surface area contributed by atoms with Gasteiger partial charge in [0.05, 0.1) is 16.9 Å². The van der Waals surface area contributed by atoms with E-state index in [1.54, 1.807) is 30.3 Å². The maximum absolute atomic E-state index is 12.0. The summed E-state index contributed by atoms with van der Waals surface area (Å²) in [7, 11) is -3.85. The fourth-order valence-electron chi connectivity index (χ4n) is 1.97. The largest absolute Gasteiger partial charge is 0.504 e. The Labute approximate surface area is 147 Å². The van der Waals surface area contributed by atoms with Gasteiger partial charge in [-0.05, 0) is 40.2 Å². The number of sulfone groups is 1. The lowest BCUT2D eigenvalue weighted by atomic mass is 10.2. The highest BCUT2D eigenvalue weighted by Gasteiger charge is 2.22. The lowest BCUT2D eigenvalue weighted by molar-refractivity contribution is 0.262. The SMILES string of the molecule is CS(=O)(=O)c1c(C#N)ccc(NC(=O)Nc2ccccc2Br)c1O. The molecule has 0 aliphatic rings. The van der Waals surface area contributed by atoms with Crippen molar-refractivity contribution in [2.45, 2.75) is 4.90 Å². The van der Waals surface area contributed by atoms with Crippen LogP contribution in [-0.2, 0) is 9.84 Å². The van der Waals surface area contributed by atoms with Crippen LogP contribution in [0.2, 0.25) is 0 Å². The number of urea groups is 1. The van der Waals surface area contributed by atoms with Gasteiger partial charge in [0.1, 0.15) is 11.0 Å². The number of phenols is 1. The highest BCUT2D eigenvalue weighted by atomic mass is 79.9. The van der Waals surface area contributed by atoms with E-state index in [4.69, 9.17) is 5.26 Å². The second kappa shape index (κ2) is 6.90. The van der Waals surface area contributed by atoms with Crippen molar-refractivity contribution >= 4 is 43.2 Å². The molecule has 0 heterocycles. The van der Waals surface area contributed by atoms with Gasteiger partial charge in [-0.2, -0.15) is 5.26 Å². The van der Waals surface area contributed by atoms with Crippen LogP contribution >= 0.6 is 15.9 Å². The summed E-state index contributed by atoms with van der Waals surface area (Å²) < 4.78 is 24.2. The smallest absolute Gasteiger partial charge is 0.323 e. The van der Waals surface area contributed by atoms with Gasteiger partial charge in [-0.1, -0.05) is 12.1 Å². The standard InChI is InChI=1S/C15H12BrN3O4S/c1-24(22,23)14-9(8-17)6-7-12(13(14)20)19-15(21)18-11-5-3-2-4-10(11)16/h2-7,20H,1H3,(H2,18,19,21). The van der Waals surface area contributed by atoms with E-state index in [0.717, 1.165) is 6.26 Å². The number of amides is 2. The molecular weight excluding hydrogens is 398 g/mol. The number of para-hydroxylation sites is 1. The average molecular weight is 410 g/mol. The Bertz CT molecular complexity index is 952. The third-order valence-electron chi connectivity index (χ3n) is 2.99. The average Bonchev–Trinajstić information content (AvgIpc) is 2.50. The zero-order chi connectivity index (χ0) is 17.9. The number of nitriles is 1. The molecular formula is C15H12BrN3O4S. The molecule has 0 bridgehead atoms. The van der Waals surface area contributed by atoms with Crippen LogP contribution in [0.3, 0.4) is 0 Å². The van der Waals surface area contributed by atoms with Gasteiger partial charge in [0.15, 0.2) is 15.6 Å². The Morgan fingerprint density at radius 2 is 1.79 bits per heavy atom. The first kappa shape index (κ1) is 17.8. The van der Waals surface area contributed by atoms with Crippen molar-refractivity contribution in [1.29, 1.82) is 5.26 Å². The molecule has 0 atom stereocenters. The fraction of sp³-hybridized carbons (Fsp3) is 0.0667. The molecule has 9 heteroatoms. The minimum atomic E-state index is -3.85. The van der Waals surface area contributed by atoms with Gasteiger partial charge in [0.25, 0.3) is 0 Å². The molecule has 24 heavy (non-hydrogen) atoms. The van der Waals surface area contributed by atoms with Crippen LogP contribution in [0.25, 0.3) is 0 Å². The Morgan fingerprint density at radius 1 is 1.17 bits per heavy atom. The summed E-state index contributed by atoms with van der Waals surface area (Å²) in [6.07, 6.45) is 0.869. The van der Waals surface area contributed by atoms with Crippen molar-refractivity contribution in [2.75, 3.05) is 16.9 Å². The van der Waals surface area contributed by atoms with Gasteiger partial charge in [-0.25, -0.2) is 13.2 Å². The number of benzene rings is 2. The number of hydrogen-bond acceptors (Lipinski definition) is 5. The van der Waals surface area contributed by atoms with Crippen molar-refractivity contribution < 1.29 is 18.3 Å². The van der Waals surface area contributed by atoms with E-state index in [-0.39, 0.29) is 11.3 Å². The van der Waals surface area contributed by atoms with Gasteiger partial charge in [-0.15, -0.1) is 0 Å². The molecule has 0 saturated carbocycles. The van der Waals surface area contributed by atoms with Crippen LogP contribution in [0.5, 0.6) is 5.75 Å². The van der Waals surface area contributed by atoms with Gasteiger partial charge in [-0.3, -0.25) is 0 Å². The summed E-state index contributed by atoms with van der Waals surface area (Å²) >= 11 is 3.27. The zero-order valence-corrected chi connectivity index (χ0v) is 14.8. The van der Waals surface area contributed by atoms with E-state index in [1.807, 2.05) is 0 Å². The molecule has 2 amide bonds. The van der Waals surface area contributed by atoms with Crippen molar-refractivity contribution in [3.05, 3.63) is 46.4 Å². The van der Waals surface area contributed by atoms with E-state index >= 15 is 0 Å². The maximum atomic E-state index is 12.0. The molecule has 0 unspecified atom stereocenters. The number of hydrogen-bond donors (Lipinski definition) is 3. The van der Waals surface area contributed by atoms with Gasteiger partial charge in [0, 0.05) is 10.7 Å². The van der Waals surface area contributed by atoms with E-state index < -0.39 is 26.5 Å². The number of nitrogens with one attached hydrogen (secondary N) is 2. The highest BCUT2D eigenvalue weighted by molar-refractivity contribution is 9.10. The molecule has 7 nitrogen and oxygen atoms in total. The Kier molecular flexibility index (Phi) is 5.11. The van der Waals surface area contributed by atoms with Gasteiger partial charge >= 0.3 is 6.03 Å². The van der Waals surface area contributed by atoms with Crippen LogP contribution in [0.4, 0.5) is 16.2 Å². The summed E-state index contributed by atoms with van der Waals surface area (Å²) in [5.41, 5.74) is 0.164. The normalized spacial score (nSPS) is 10.7.